The predicted molar refractivity (Wildman–Crippen MR) is 105 cm³/mol. The van der Waals surface area contributed by atoms with E-state index in [9.17, 15) is 8.42 Å². The third-order valence-electron chi connectivity index (χ3n) is 4.15. The maximum Gasteiger partial charge on any atom is 0.244 e. The van der Waals surface area contributed by atoms with E-state index < -0.39 is 10.0 Å². The number of rotatable bonds is 2. The van der Waals surface area contributed by atoms with Crippen LogP contribution in [0.2, 0.25) is 0 Å². The Kier molecular flexibility index (Phi) is 7.66. The molecule has 0 aliphatic carbocycles. The second-order valence-electron chi connectivity index (χ2n) is 5.71. The second-order valence-corrected chi connectivity index (χ2v) is 7.57. The molecule has 1 fully saturated rings. The molecular weight excluding hydrogens is 381 g/mol. The van der Waals surface area contributed by atoms with Gasteiger partial charge in [0.2, 0.25) is 10.0 Å². The monoisotopic (exact) mass is 401 g/mol. The van der Waals surface area contributed by atoms with Crippen LogP contribution in [0.1, 0.15) is 18.9 Å². The molecule has 0 amide bonds. The molecule has 1 saturated heterocycles. The van der Waals surface area contributed by atoms with E-state index in [4.69, 9.17) is 6.42 Å². The molecule has 1 aliphatic heterocycles. The van der Waals surface area contributed by atoms with Gasteiger partial charge >= 0.3 is 0 Å². The van der Waals surface area contributed by atoms with Gasteiger partial charge in [0.25, 0.3) is 0 Å². The number of hydrogen-bond donors (Lipinski definition) is 1. The van der Waals surface area contributed by atoms with Crippen molar-refractivity contribution >= 4 is 45.6 Å². The first kappa shape index (κ1) is 21.7. The van der Waals surface area contributed by atoms with Gasteiger partial charge in [0.1, 0.15) is 0 Å². The second kappa shape index (κ2) is 8.84. The summed E-state index contributed by atoms with van der Waals surface area (Å²) in [7, 11) is -3.62. The van der Waals surface area contributed by atoms with E-state index in [0.717, 1.165) is 18.4 Å². The van der Waals surface area contributed by atoms with Crippen molar-refractivity contribution in [3.8, 4) is 12.3 Å². The highest BCUT2D eigenvalue weighted by atomic mass is 35.5. The van der Waals surface area contributed by atoms with E-state index in [2.05, 4.69) is 16.2 Å². The minimum absolute atomic E-state index is 0. The van der Waals surface area contributed by atoms with E-state index >= 15 is 0 Å². The van der Waals surface area contributed by atoms with Crippen LogP contribution < -0.4 is 5.32 Å². The van der Waals surface area contributed by atoms with Gasteiger partial charge in [0.05, 0.1) is 10.5 Å². The van der Waals surface area contributed by atoms with E-state index in [1.54, 1.807) is 22.6 Å². The zero-order chi connectivity index (χ0) is 16.4. The zero-order valence-corrected chi connectivity index (χ0v) is 16.3. The number of terminal acetylenes is 1. The zero-order valence-electron chi connectivity index (χ0n) is 13.8. The number of halogens is 2. The molecule has 8 heteroatoms. The molecule has 1 aliphatic rings. The lowest BCUT2D eigenvalue weighted by atomic mass is 10.1. The molecule has 0 spiro atoms. The molecule has 0 bridgehead atoms. The number of hydrogen-bond acceptors (Lipinski definition) is 4. The quantitative estimate of drug-likeness (QED) is 0.784. The third kappa shape index (κ3) is 4.08. The summed E-state index contributed by atoms with van der Waals surface area (Å²) in [6.07, 6.45) is 9.52. The van der Waals surface area contributed by atoms with Crippen molar-refractivity contribution in [2.45, 2.75) is 24.3 Å². The first-order chi connectivity index (χ1) is 11.1. The van der Waals surface area contributed by atoms with Gasteiger partial charge in [-0.25, -0.2) is 8.42 Å². The van der Waals surface area contributed by atoms with Crippen LogP contribution in [0.3, 0.4) is 0 Å². The number of pyridine rings is 1. The average molecular weight is 402 g/mol. The summed E-state index contributed by atoms with van der Waals surface area (Å²) in [6, 6.07) is 5.09. The average Bonchev–Trinajstić information content (AvgIpc) is 2.78. The molecule has 1 N–H and O–H groups in total. The minimum atomic E-state index is -3.62. The highest BCUT2D eigenvalue weighted by Gasteiger charge is 2.31. The summed E-state index contributed by atoms with van der Waals surface area (Å²) in [5.41, 5.74) is 0.502. The van der Waals surface area contributed by atoms with Gasteiger partial charge < -0.3 is 5.32 Å². The summed E-state index contributed by atoms with van der Waals surface area (Å²) in [6.45, 7) is 3.90. The third-order valence-corrected chi connectivity index (χ3v) is 6.21. The van der Waals surface area contributed by atoms with E-state index in [1.807, 2.05) is 13.0 Å². The largest absolute Gasteiger partial charge is 0.315 e. The van der Waals surface area contributed by atoms with Crippen molar-refractivity contribution in [1.29, 1.82) is 0 Å². The molecule has 1 atom stereocenters. The predicted octanol–water partition coefficient (Wildman–Crippen LogP) is 2.43. The molecule has 1 aromatic heterocycles. The normalized spacial score (nSPS) is 18.5. The lowest BCUT2D eigenvalue weighted by molar-refractivity contribution is 0.354. The topological polar surface area (TPSA) is 62.3 Å². The maximum absolute atomic E-state index is 13.2. The van der Waals surface area contributed by atoms with Crippen LogP contribution in [0, 0.1) is 12.3 Å². The van der Waals surface area contributed by atoms with E-state index in [1.165, 1.54) is 6.20 Å². The summed E-state index contributed by atoms with van der Waals surface area (Å²) in [5.74, 6) is 2.55. The van der Waals surface area contributed by atoms with Crippen LogP contribution in [0.15, 0.2) is 35.5 Å². The molecule has 0 unspecified atom stereocenters. The van der Waals surface area contributed by atoms with Crippen LogP contribution in [-0.2, 0) is 10.0 Å². The number of fused-ring (bicyclic) bond motifs is 1. The molecule has 3 rings (SSSR count). The SMILES string of the molecule is C#Cc1cncc2cccc(S(=O)(=O)N3CCCNC[C@@H]3C)c12.Cl.Cl. The lowest BCUT2D eigenvalue weighted by Gasteiger charge is -2.26. The van der Waals surface area contributed by atoms with Crippen LogP contribution in [-0.4, -0.2) is 43.4 Å². The molecule has 2 aromatic rings. The molecule has 5 nitrogen and oxygen atoms in total. The summed E-state index contributed by atoms with van der Waals surface area (Å²) < 4.78 is 28.1. The van der Waals surface area contributed by atoms with Crippen molar-refractivity contribution in [3.05, 3.63) is 36.2 Å². The fourth-order valence-corrected chi connectivity index (χ4v) is 4.91. The molecule has 2 heterocycles. The molecule has 25 heavy (non-hydrogen) atoms. The standard InChI is InChI=1S/C17H19N3O2S.2ClH/c1-3-14-11-19-12-15-6-4-7-16(17(14)15)23(21,22)20-9-5-8-18-10-13(20)2;;/h1,4,6-7,11-13,18H,5,8-10H2,2H3;2*1H/t13-;;/m0../s1. The summed E-state index contributed by atoms with van der Waals surface area (Å²) in [5, 5.41) is 4.58. The smallest absolute Gasteiger partial charge is 0.244 e. The van der Waals surface area contributed by atoms with Crippen LogP contribution in [0.4, 0.5) is 0 Å². The Morgan fingerprint density at radius 2 is 2.08 bits per heavy atom. The van der Waals surface area contributed by atoms with Gasteiger partial charge in [0.15, 0.2) is 0 Å². The van der Waals surface area contributed by atoms with Gasteiger partial charge in [-0.2, -0.15) is 4.31 Å². The summed E-state index contributed by atoms with van der Waals surface area (Å²) in [4.78, 5) is 4.35. The number of aromatic nitrogens is 1. The van der Waals surface area contributed by atoms with Crippen molar-refractivity contribution in [2.24, 2.45) is 0 Å². The lowest BCUT2D eigenvalue weighted by Crippen LogP contribution is -2.41. The number of nitrogens with one attached hydrogen (secondary N) is 1. The number of benzene rings is 1. The van der Waals surface area contributed by atoms with Crippen molar-refractivity contribution in [3.63, 3.8) is 0 Å². The van der Waals surface area contributed by atoms with Gasteiger partial charge in [-0.15, -0.1) is 31.2 Å². The van der Waals surface area contributed by atoms with Crippen LogP contribution >= 0.6 is 24.8 Å². The van der Waals surface area contributed by atoms with E-state index in [-0.39, 0.29) is 35.8 Å². The molecule has 0 radical (unpaired) electrons. The van der Waals surface area contributed by atoms with Gasteiger partial charge in [-0.05, 0) is 26.0 Å². The minimum Gasteiger partial charge on any atom is -0.315 e. The van der Waals surface area contributed by atoms with Gasteiger partial charge in [0, 0.05) is 42.3 Å². The van der Waals surface area contributed by atoms with Crippen molar-refractivity contribution in [1.82, 2.24) is 14.6 Å². The number of nitrogens with zero attached hydrogens (tertiary/aromatic N) is 2. The Labute approximate surface area is 161 Å². The fraction of sp³-hybridized carbons (Fsp3) is 0.353. The van der Waals surface area contributed by atoms with E-state index in [0.29, 0.717) is 24.0 Å². The first-order valence-electron chi connectivity index (χ1n) is 7.61. The summed E-state index contributed by atoms with van der Waals surface area (Å²) >= 11 is 0. The van der Waals surface area contributed by atoms with Crippen molar-refractivity contribution < 1.29 is 8.42 Å². The Balaban J connectivity index is 0.00000156. The van der Waals surface area contributed by atoms with Crippen LogP contribution in [0.5, 0.6) is 0 Å². The molecule has 1 aromatic carbocycles. The Bertz CT molecular complexity index is 876. The van der Waals surface area contributed by atoms with Gasteiger partial charge in [-0.3, -0.25) is 4.98 Å². The number of sulfonamides is 1. The molecule has 136 valence electrons. The van der Waals surface area contributed by atoms with Gasteiger partial charge in [-0.1, -0.05) is 18.1 Å². The van der Waals surface area contributed by atoms with Crippen molar-refractivity contribution in [2.75, 3.05) is 19.6 Å². The molecular formula is C17H21Cl2N3O2S. The fourth-order valence-electron chi connectivity index (χ4n) is 3.00. The van der Waals surface area contributed by atoms with Crippen LogP contribution in [0.25, 0.3) is 10.8 Å². The highest BCUT2D eigenvalue weighted by molar-refractivity contribution is 7.89. The Hall–Kier alpha value is -1.36. The first-order valence-corrected chi connectivity index (χ1v) is 9.05. The Morgan fingerprint density at radius 1 is 1.32 bits per heavy atom. The molecule has 0 saturated carbocycles. The Morgan fingerprint density at radius 3 is 2.80 bits per heavy atom. The highest BCUT2D eigenvalue weighted by Crippen LogP contribution is 2.29. The maximum atomic E-state index is 13.2.